The molecule has 1 aliphatic rings. The van der Waals surface area contributed by atoms with Crippen molar-refractivity contribution in [3.63, 3.8) is 0 Å². The van der Waals surface area contributed by atoms with Crippen molar-refractivity contribution in [2.45, 2.75) is 58.1 Å². The third-order valence-electron chi connectivity index (χ3n) is 7.07. The van der Waals surface area contributed by atoms with E-state index in [1.807, 2.05) is 44.2 Å². The van der Waals surface area contributed by atoms with Crippen LogP contribution in [0.4, 0.5) is 5.82 Å². The first kappa shape index (κ1) is 26.2. The smallest absolute Gasteiger partial charge is 0.218 e. The average molecular weight is 509 g/mol. The van der Waals surface area contributed by atoms with E-state index >= 15 is 0 Å². The van der Waals surface area contributed by atoms with Gasteiger partial charge in [0.15, 0.2) is 0 Å². The van der Waals surface area contributed by atoms with E-state index in [1.54, 1.807) is 0 Å². The van der Waals surface area contributed by atoms with E-state index in [2.05, 4.69) is 43.0 Å². The van der Waals surface area contributed by atoms with Crippen LogP contribution in [0.15, 0.2) is 42.5 Å². The Labute approximate surface area is 219 Å². The number of pyridine rings is 1. The number of amides is 1. The number of fused-ring (bicyclic) bond motifs is 1. The molecule has 192 valence electrons. The average Bonchev–Trinajstić information content (AvgIpc) is 2.82. The van der Waals surface area contributed by atoms with Gasteiger partial charge < -0.3 is 20.3 Å². The number of carbonyl (C=O) groups is 1. The molecular weight excluding hydrogens is 472 g/mol. The molecule has 1 aromatic heterocycles. The number of benzene rings is 2. The molecule has 1 atom stereocenters. The van der Waals surface area contributed by atoms with Gasteiger partial charge in [-0.25, -0.2) is 4.98 Å². The fraction of sp³-hybridized carbons (Fsp3) is 0.448. The zero-order chi connectivity index (χ0) is 26.0. The number of aryl methyl sites for hydroxylation is 1. The van der Waals surface area contributed by atoms with Gasteiger partial charge in [-0.05, 0) is 94.7 Å². The van der Waals surface area contributed by atoms with E-state index in [9.17, 15) is 4.79 Å². The predicted molar refractivity (Wildman–Crippen MR) is 148 cm³/mol. The van der Waals surface area contributed by atoms with Crippen molar-refractivity contribution in [3.05, 3.63) is 64.2 Å². The number of rotatable bonds is 8. The molecular formula is C29H37ClN4O2. The van der Waals surface area contributed by atoms with Crippen LogP contribution in [0.5, 0.6) is 5.75 Å². The molecule has 0 bridgehead atoms. The third kappa shape index (κ3) is 5.93. The van der Waals surface area contributed by atoms with Crippen molar-refractivity contribution in [3.8, 4) is 5.75 Å². The summed E-state index contributed by atoms with van der Waals surface area (Å²) in [5.41, 5.74) is 9.62. The fourth-order valence-corrected chi connectivity index (χ4v) is 5.43. The minimum Gasteiger partial charge on any atom is -0.491 e. The van der Waals surface area contributed by atoms with Crippen LogP contribution >= 0.6 is 11.6 Å². The molecule has 0 spiro atoms. The molecule has 0 radical (unpaired) electrons. The Balaban J connectivity index is 1.65. The van der Waals surface area contributed by atoms with E-state index in [0.29, 0.717) is 16.8 Å². The maximum absolute atomic E-state index is 12.0. The highest BCUT2D eigenvalue weighted by atomic mass is 35.5. The number of nitrogens with two attached hydrogens (primary N) is 1. The van der Waals surface area contributed by atoms with E-state index in [-0.39, 0.29) is 24.3 Å². The van der Waals surface area contributed by atoms with Gasteiger partial charge in [-0.1, -0.05) is 23.7 Å². The topological polar surface area (TPSA) is 71.7 Å². The van der Waals surface area contributed by atoms with Gasteiger partial charge in [0.25, 0.3) is 0 Å². The number of aromatic nitrogens is 1. The van der Waals surface area contributed by atoms with Gasteiger partial charge in [0, 0.05) is 41.9 Å². The summed E-state index contributed by atoms with van der Waals surface area (Å²) in [7, 11) is 4.31. The highest BCUT2D eigenvalue weighted by Crippen LogP contribution is 2.37. The highest BCUT2D eigenvalue weighted by molar-refractivity contribution is 6.31. The van der Waals surface area contributed by atoms with Gasteiger partial charge in [0.2, 0.25) is 5.91 Å². The van der Waals surface area contributed by atoms with Crippen molar-refractivity contribution in [2.24, 2.45) is 5.73 Å². The molecule has 0 aliphatic carbocycles. The molecule has 7 heteroatoms. The second-order valence-electron chi connectivity index (χ2n) is 10.3. The lowest BCUT2D eigenvalue weighted by molar-refractivity contribution is -0.118. The molecule has 1 amide bonds. The Hall–Kier alpha value is -2.83. The number of ether oxygens (including phenoxy) is 1. The Morgan fingerprint density at radius 2 is 1.89 bits per heavy atom. The molecule has 2 N–H and O–H groups in total. The predicted octanol–water partition coefficient (Wildman–Crippen LogP) is 5.52. The van der Waals surface area contributed by atoms with Gasteiger partial charge in [-0.3, -0.25) is 4.79 Å². The van der Waals surface area contributed by atoms with E-state index in [4.69, 9.17) is 27.1 Å². The summed E-state index contributed by atoms with van der Waals surface area (Å²) >= 11 is 6.67. The lowest BCUT2D eigenvalue weighted by Gasteiger charge is -2.36. The number of hydrogen-bond donors (Lipinski definition) is 1. The minimum atomic E-state index is -0.370. The molecule has 1 unspecified atom stereocenters. The normalized spacial score (nSPS) is 15.6. The Morgan fingerprint density at radius 3 is 2.50 bits per heavy atom. The first-order valence-corrected chi connectivity index (χ1v) is 13.1. The maximum atomic E-state index is 12.0. The van der Waals surface area contributed by atoms with Crippen LogP contribution < -0.4 is 15.4 Å². The van der Waals surface area contributed by atoms with Crippen molar-refractivity contribution in [1.82, 2.24) is 9.88 Å². The second kappa shape index (κ2) is 11.1. The number of halogens is 1. The molecule has 6 nitrogen and oxygen atoms in total. The number of hydrogen-bond acceptors (Lipinski definition) is 5. The zero-order valence-corrected chi connectivity index (χ0v) is 22.7. The largest absolute Gasteiger partial charge is 0.491 e. The third-order valence-corrected chi connectivity index (χ3v) is 7.40. The first-order valence-electron chi connectivity index (χ1n) is 12.7. The fourth-order valence-electron chi connectivity index (χ4n) is 5.13. The van der Waals surface area contributed by atoms with Crippen LogP contribution in [0.1, 0.15) is 55.7 Å². The van der Waals surface area contributed by atoms with E-state index in [0.717, 1.165) is 59.3 Å². The molecule has 1 fully saturated rings. The maximum Gasteiger partial charge on any atom is 0.218 e. The van der Waals surface area contributed by atoms with Crippen LogP contribution in [0.2, 0.25) is 5.02 Å². The highest BCUT2D eigenvalue weighted by Gasteiger charge is 2.23. The molecule has 4 rings (SSSR count). The van der Waals surface area contributed by atoms with Gasteiger partial charge in [-0.2, -0.15) is 0 Å². The van der Waals surface area contributed by atoms with Crippen LogP contribution in [-0.4, -0.2) is 55.1 Å². The summed E-state index contributed by atoms with van der Waals surface area (Å²) in [5, 5.41) is 1.63. The van der Waals surface area contributed by atoms with Gasteiger partial charge >= 0.3 is 0 Å². The van der Waals surface area contributed by atoms with E-state index < -0.39 is 0 Å². The number of carbonyl (C=O) groups excluding carboxylic acids is 1. The summed E-state index contributed by atoms with van der Waals surface area (Å²) in [6.07, 6.45) is 2.50. The Kier molecular flexibility index (Phi) is 8.06. The monoisotopic (exact) mass is 508 g/mol. The molecule has 2 heterocycles. The molecule has 36 heavy (non-hydrogen) atoms. The number of primary amides is 1. The Morgan fingerprint density at radius 1 is 1.17 bits per heavy atom. The minimum absolute atomic E-state index is 0.0496. The van der Waals surface area contributed by atoms with Crippen molar-refractivity contribution in [1.29, 1.82) is 0 Å². The lowest BCUT2D eigenvalue weighted by Crippen LogP contribution is -2.42. The van der Waals surface area contributed by atoms with Crippen LogP contribution in [0, 0.1) is 6.92 Å². The SMILES string of the molecule is Cc1cc(N2CCC(N(C)C)CC2)nc2ccc(C(CC(N)=O)c3ccc(OC(C)C)cc3Cl)cc12. The summed E-state index contributed by atoms with van der Waals surface area (Å²) in [5.74, 6) is 1.11. The summed E-state index contributed by atoms with van der Waals surface area (Å²) in [6, 6.07) is 14.7. The van der Waals surface area contributed by atoms with E-state index in [1.165, 1.54) is 0 Å². The second-order valence-corrected chi connectivity index (χ2v) is 10.7. The molecule has 1 saturated heterocycles. The van der Waals surface area contributed by atoms with Gasteiger partial charge in [0.1, 0.15) is 11.6 Å². The molecule has 2 aromatic carbocycles. The standard InChI is InChI=1S/C29H37ClN4O2/c1-18(2)36-22-7-8-23(26(30)16-22)25(17-28(31)35)20-6-9-27-24(15-20)19(3)14-29(32-27)34-12-10-21(11-13-34)33(4)5/h6-9,14-16,18,21,25H,10-13,17H2,1-5H3,(H2,31,35). The number of nitrogens with zero attached hydrogens (tertiary/aromatic N) is 3. The zero-order valence-electron chi connectivity index (χ0n) is 21.9. The lowest BCUT2D eigenvalue weighted by atomic mass is 9.87. The quantitative estimate of drug-likeness (QED) is 0.433. The number of piperidine rings is 1. The Bertz CT molecular complexity index is 1240. The van der Waals surface area contributed by atoms with Crippen LogP contribution in [0.25, 0.3) is 10.9 Å². The van der Waals surface area contributed by atoms with Crippen LogP contribution in [-0.2, 0) is 4.79 Å². The molecule has 3 aromatic rings. The van der Waals surface area contributed by atoms with Crippen molar-refractivity contribution in [2.75, 3.05) is 32.1 Å². The van der Waals surface area contributed by atoms with Gasteiger partial charge in [-0.15, -0.1) is 0 Å². The van der Waals surface area contributed by atoms with Crippen LogP contribution in [0.3, 0.4) is 0 Å². The molecule has 0 saturated carbocycles. The van der Waals surface area contributed by atoms with Crippen molar-refractivity contribution < 1.29 is 9.53 Å². The molecule has 1 aliphatic heterocycles. The summed E-state index contributed by atoms with van der Waals surface area (Å²) in [4.78, 5) is 21.7. The number of anilines is 1. The first-order chi connectivity index (χ1) is 17.1. The summed E-state index contributed by atoms with van der Waals surface area (Å²) < 4.78 is 5.78. The summed E-state index contributed by atoms with van der Waals surface area (Å²) in [6.45, 7) is 8.09. The van der Waals surface area contributed by atoms with Gasteiger partial charge in [0.05, 0.1) is 11.6 Å². The van der Waals surface area contributed by atoms with Crippen molar-refractivity contribution >= 4 is 34.2 Å².